The number of nitrogens with zero attached hydrogens (tertiary/aromatic N) is 1. The van der Waals surface area contributed by atoms with E-state index >= 15 is 0 Å². The molecule has 0 saturated heterocycles. The van der Waals surface area contributed by atoms with E-state index in [0.29, 0.717) is 42.3 Å². The zero-order valence-corrected chi connectivity index (χ0v) is 19.8. The van der Waals surface area contributed by atoms with Crippen LogP contribution >= 0.6 is 0 Å². The summed E-state index contributed by atoms with van der Waals surface area (Å²) < 4.78 is 13.0. The van der Waals surface area contributed by atoms with E-state index in [2.05, 4.69) is 10.6 Å². The summed E-state index contributed by atoms with van der Waals surface area (Å²) in [5, 5.41) is 7.09. The van der Waals surface area contributed by atoms with Gasteiger partial charge in [-0.05, 0) is 49.2 Å². The number of ether oxygens (including phenoxy) is 2. The van der Waals surface area contributed by atoms with E-state index in [-0.39, 0.29) is 18.0 Å². The number of benzene rings is 3. The van der Waals surface area contributed by atoms with E-state index in [1.165, 1.54) is 4.57 Å². The molecule has 0 unspecified atom stereocenters. The molecule has 5 rings (SSSR count). The molecule has 7 nitrogen and oxygen atoms in total. The lowest BCUT2D eigenvalue weighted by Crippen LogP contribution is -2.31. The monoisotopic (exact) mass is 469 g/mol. The van der Waals surface area contributed by atoms with Crippen LogP contribution in [0.3, 0.4) is 0 Å². The number of rotatable bonds is 6. The van der Waals surface area contributed by atoms with E-state index in [9.17, 15) is 9.59 Å². The van der Waals surface area contributed by atoms with Gasteiger partial charge >= 0.3 is 0 Å². The Hall–Kier alpha value is -4.26. The molecule has 3 aromatic carbocycles. The minimum absolute atomic E-state index is 0.123. The Morgan fingerprint density at radius 3 is 2.31 bits per heavy atom. The van der Waals surface area contributed by atoms with E-state index in [4.69, 9.17) is 9.47 Å². The lowest BCUT2D eigenvalue weighted by Gasteiger charge is -2.21. The van der Waals surface area contributed by atoms with Gasteiger partial charge in [-0.25, -0.2) is 0 Å². The van der Waals surface area contributed by atoms with Gasteiger partial charge < -0.3 is 20.1 Å². The van der Waals surface area contributed by atoms with Crippen LogP contribution in [-0.2, 0) is 17.9 Å². The molecule has 4 aromatic rings. The Balaban J connectivity index is 1.53. The summed E-state index contributed by atoms with van der Waals surface area (Å²) in [5.74, 6) is 0.937. The minimum atomic E-state index is -0.270. The second-order valence-corrected chi connectivity index (χ2v) is 8.65. The van der Waals surface area contributed by atoms with Crippen LogP contribution in [0, 0.1) is 13.8 Å². The number of aromatic nitrogens is 1. The van der Waals surface area contributed by atoms with Crippen molar-refractivity contribution in [3.8, 4) is 11.5 Å². The molecule has 1 amide bonds. The number of para-hydroxylation sites is 2. The van der Waals surface area contributed by atoms with Gasteiger partial charge in [-0.2, -0.15) is 0 Å². The smallest absolute Gasteiger partial charge is 0.256 e. The highest BCUT2D eigenvalue weighted by Gasteiger charge is 2.19. The van der Waals surface area contributed by atoms with Crippen molar-refractivity contribution in [3.63, 3.8) is 0 Å². The van der Waals surface area contributed by atoms with Gasteiger partial charge in [0.2, 0.25) is 5.91 Å². The molecule has 35 heavy (non-hydrogen) atoms. The van der Waals surface area contributed by atoms with E-state index in [0.717, 1.165) is 27.9 Å². The fourth-order valence-corrected chi connectivity index (χ4v) is 4.35. The summed E-state index contributed by atoms with van der Waals surface area (Å²) in [6, 6.07) is 21.0. The molecule has 2 N–H and O–H groups in total. The molecule has 178 valence electrons. The van der Waals surface area contributed by atoms with Crippen LogP contribution in [0.1, 0.15) is 16.7 Å². The van der Waals surface area contributed by atoms with Crippen molar-refractivity contribution < 1.29 is 14.3 Å². The molecule has 2 heterocycles. The highest BCUT2D eigenvalue weighted by Crippen LogP contribution is 2.34. The summed E-state index contributed by atoms with van der Waals surface area (Å²) in [6.07, 6.45) is 0. The predicted octanol–water partition coefficient (Wildman–Crippen LogP) is 4.64. The van der Waals surface area contributed by atoms with Crippen molar-refractivity contribution in [3.05, 3.63) is 93.8 Å². The van der Waals surface area contributed by atoms with Crippen molar-refractivity contribution in [1.82, 2.24) is 4.57 Å². The normalized spacial score (nSPS) is 12.4. The minimum Gasteiger partial charge on any atom is -0.486 e. The first-order valence-corrected chi connectivity index (χ1v) is 11.6. The molecular weight excluding hydrogens is 442 g/mol. The third-order valence-corrected chi connectivity index (χ3v) is 6.14. The number of fused-ring (bicyclic) bond motifs is 2. The lowest BCUT2D eigenvalue weighted by atomic mass is 10.1. The van der Waals surface area contributed by atoms with E-state index < -0.39 is 0 Å². The van der Waals surface area contributed by atoms with Crippen LogP contribution in [0.2, 0.25) is 0 Å². The quantitative estimate of drug-likeness (QED) is 0.430. The molecule has 0 fully saturated rings. The number of hydrogen-bond donors (Lipinski definition) is 2. The summed E-state index contributed by atoms with van der Waals surface area (Å²) in [5.41, 5.74) is 4.57. The molecule has 1 aliphatic rings. The van der Waals surface area contributed by atoms with Crippen molar-refractivity contribution >= 4 is 28.2 Å². The van der Waals surface area contributed by atoms with Gasteiger partial charge in [0.25, 0.3) is 5.56 Å². The number of hydrogen-bond acceptors (Lipinski definition) is 5. The third-order valence-electron chi connectivity index (χ3n) is 6.14. The Bertz CT molecular complexity index is 1440. The van der Waals surface area contributed by atoms with Gasteiger partial charge in [-0.1, -0.05) is 36.4 Å². The topological polar surface area (TPSA) is 81.6 Å². The van der Waals surface area contributed by atoms with Crippen LogP contribution in [0.4, 0.5) is 11.4 Å². The van der Waals surface area contributed by atoms with Crippen LogP contribution < -0.4 is 25.7 Å². The average molecular weight is 470 g/mol. The molecule has 0 radical (unpaired) electrons. The van der Waals surface area contributed by atoms with E-state index in [1.54, 1.807) is 6.07 Å². The number of carbonyl (C=O) groups excluding carboxylic acids is 1. The van der Waals surface area contributed by atoms with Crippen molar-refractivity contribution in [2.45, 2.75) is 26.9 Å². The number of carbonyl (C=O) groups is 1. The number of anilines is 2. The predicted molar refractivity (Wildman–Crippen MR) is 138 cm³/mol. The summed E-state index contributed by atoms with van der Waals surface area (Å²) in [6.45, 7) is 5.01. The van der Waals surface area contributed by atoms with Crippen molar-refractivity contribution in [1.29, 1.82) is 0 Å². The van der Waals surface area contributed by atoms with Gasteiger partial charge in [0.15, 0.2) is 11.5 Å². The Labute approximate surface area is 203 Å². The molecule has 0 bridgehead atoms. The first kappa shape index (κ1) is 22.5. The second-order valence-electron chi connectivity index (χ2n) is 8.65. The highest BCUT2D eigenvalue weighted by molar-refractivity contribution is 5.93. The number of pyridine rings is 1. The molecule has 1 aliphatic heterocycles. The fraction of sp³-hybridized carbons (Fsp3) is 0.214. The average Bonchev–Trinajstić information content (AvgIpc) is 2.86. The molecule has 7 heteroatoms. The highest BCUT2D eigenvalue weighted by atomic mass is 16.6. The maximum atomic E-state index is 13.6. The Kier molecular flexibility index (Phi) is 6.14. The SMILES string of the molecule is Cc1cccc(C)c1NC(=O)Cn1c(=O)c(CNc2ccccc2)cc2cc3c(cc21)OCCO3. The van der Waals surface area contributed by atoms with Crippen LogP contribution in [0.15, 0.2) is 71.5 Å². The zero-order chi connectivity index (χ0) is 24.4. The second kappa shape index (κ2) is 9.54. The maximum Gasteiger partial charge on any atom is 0.256 e. The molecule has 0 spiro atoms. The first-order chi connectivity index (χ1) is 17.0. The van der Waals surface area contributed by atoms with Crippen LogP contribution in [-0.4, -0.2) is 23.7 Å². The number of amides is 1. The van der Waals surface area contributed by atoms with E-state index in [1.807, 2.05) is 74.5 Å². The molecule has 0 atom stereocenters. The Morgan fingerprint density at radius 2 is 1.60 bits per heavy atom. The number of nitrogens with one attached hydrogen (secondary N) is 2. The largest absolute Gasteiger partial charge is 0.486 e. The summed E-state index contributed by atoms with van der Waals surface area (Å²) in [7, 11) is 0. The standard InChI is InChI=1S/C28H27N3O4/c1-18-7-6-8-19(2)27(18)30-26(32)17-31-23-15-25-24(34-11-12-35-25)14-20(23)13-21(28(31)33)16-29-22-9-4-3-5-10-22/h3-10,13-15,29H,11-12,16-17H2,1-2H3,(H,30,32). The van der Waals surface area contributed by atoms with Gasteiger partial charge in [-0.15, -0.1) is 0 Å². The van der Waals surface area contributed by atoms with Gasteiger partial charge in [-0.3, -0.25) is 14.2 Å². The number of aryl methyl sites for hydroxylation is 2. The summed E-state index contributed by atoms with van der Waals surface area (Å²) >= 11 is 0. The fourth-order valence-electron chi connectivity index (χ4n) is 4.35. The molecule has 1 aromatic heterocycles. The third kappa shape index (κ3) is 4.71. The summed E-state index contributed by atoms with van der Waals surface area (Å²) in [4.78, 5) is 26.7. The van der Waals surface area contributed by atoms with Crippen molar-refractivity contribution in [2.75, 3.05) is 23.8 Å². The van der Waals surface area contributed by atoms with Crippen LogP contribution in [0.5, 0.6) is 11.5 Å². The lowest BCUT2D eigenvalue weighted by molar-refractivity contribution is -0.116. The van der Waals surface area contributed by atoms with Crippen LogP contribution in [0.25, 0.3) is 10.9 Å². The molecule has 0 saturated carbocycles. The Morgan fingerprint density at radius 1 is 0.914 bits per heavy atom. The van der Waals surface area contributed by atoms with Gasteiger partial charge in [0.1, 0.15) is 19.8 Å². The first-order valence-electron chi connectivity index (χ1n) is 11.6. The molecule has 0 aliphatic carbocycles. The zero-order valence-electron chi connectivity index (χ0n) is 19.8. The van der Waals surface area contributed by atoms with Gasteiger partial charge in [0, 0.05) is 34.9 Å². The van der Waals surface area contributed by atoms with Gasteiger partial charge in [0.05, 0.1) is 5.52 Å². The molecular formula is C28H27N3O4. The maximum absolute atomic E-state index is 13.6. The van der Waals surface area contributed by atoms with Crippen molar-refractivity contribution in [2.24, 2.45) is 0 Å².